The van der Waals surface area contributed by atoms with Crippen LogP contribution in [-0.2, 0) is 4.79 Å². The summed E-state index contributed by atoms with van der Waals surface area (Å²) in [6.07, 6.45) is 5.07. The lowest BCUT2D eigenvalue weighted by molar-refractivity contribution is -0.124. The Kier molecular flexibility index (Phi) is 4.99. The highest BCUT2D eigenvalue weighted by molar-refractivity contribution is 5.78. The number of nitrogens with zero attached hydrogens (tertiary/aromatic N) is 1. The van der Waals surface area contributed by atoms with Crippen molar-refractivity contribution in [3.8, 4) is 0 Å². The van der Waals surface area contributed by atoms with Gasteiger partial charge in [-0.05, 0) is 31.9 Å². The normalized spacial score (nSPS) is 17.2. The van der Waals surface area contributed by atoms with Gasteiger partial charge in [0.05, 0.1) is 25.5 Å². The second-order valence-corrected chi connectivity index (χ2v) is 5.08. The molecule has 19 heavy (non-hydrogen) atoms. The fourth-order valence-electron chi connectivity index (χ4n) is 2.35. The first-order chi connectivity index (χ1) is 9.20. The van der Waals surface area contributed by atoms with Gasteiger partial charge in [-0.3, -0.25) is 9.69 Å². The number of nitrogens with one attached hydrogen (secondary N) is 1. The number of amides is 1. The van der Waals surface area contributed by atoms with Crippen LogP contribution in [0, 0.1) is 0 Å². The van der Waals surface area contributed by atoms with Crippen molar-refractivity contribution < 1.29 is 14.3 Å². The number of hydrogen-bond acceptors (Lipinski definition) is 4. The van der Waals surface area contributed by atoms with Gasteiger partial charge in [0.2, 0.25) is 5.91 Å². The molecule has 1 amide bonds. The molecular weight excluding hydrogens is 244 g/mol. The highest BCUT2D eigenvalue weighted by Crippen LogP contribution is 2.24. The van der Waals surface area contributed by atoms with Crippen LogP contribution >= 0.6 is 0 Å². The third-order valence-electron chi connectivity index (χ3n) is 3.67. The molecule has 1 unspecified atom stereocenters. The molecule has 2 N–H and O–H groups in total. The van der Waals surface area contributed by atoms with E-state index in [9.17, 15) is 4.79 Å². The van der Waals surface area contributed by atoms with E-state index in [-0.39, 0.29) is 18.6 Å². The van der Waals surface area contributed by atoms with Crippen LogP contribution in [0.4, 0.5) is 0 Å². The topological polar surface area (TPSA) is 65.7 Å². The zero-order valence-electron chi connectivity index (χ0n) is 11.3. The molecule has 1 atom stereocenters. The van der Waals surface area contributed by atoms with E-state index in [1.54, 1.807) is 6.26 Å². The van der Waals surface area contributed by atoms with Gasteiger partial charge in [-0.25, -0.2) is 0 Å². The molecule has 2 rings (SSSR count). The van der Waals surface area contributed by atoms with Crippen LogP contribution < -0.4 is 5.32 Å². The van der Waals surface area contributed by atoms with Crippen LogP contribution in [0.3, 0.4) is 0 Å². The number of aliphatic hydroxyl groups excluding tert-OH is 1. The van der Waals surface area contributed by atoms with E-state index in [4.69, 9.17) is 9.52 Å². The molecule has 5 nitrogen and oxygen atoms in total. The standard InChI is InChI=1S/C14H22N2O3/c1-11(13-6-3-9-19-13)15-14(18)10-16(7-8-17)12-4-2-5-12/h3,6,9,11-12,17H,2,4-5,7-8,10H2,1H3,(H,15,18). The summed E-state index contributed by atoms with van der Waals surface area (Å²) >= 11 is 0. The Hall–Kier alpha value is -1.33. The fourth-order valence-corrected chi connectivity index (χ4v) is 2.35. The van der Waals surface area contributed by atoms with E-state index in [2.05, 4.69) is 10.2 Å². The molecule has 0 spiro atoms. The number of furan rings is 1. The Morgan fingerprint density at radius 3 is 2.95 bits per heavy atom. The van der Waals surface area contributed by atoms with Crippen LogP contribution in [0.25, 0.3) is 0 Å². The second-order valence-electron chi connectivity index (χ2n) is 5.08. The molecule has 1 heterocycles. The monoisotopic (exact) mass is 266 g/mol. The molecule has 0 saturated heterocycles. The van der Waals surface area contributed by atoms with Crippen molar-refractivity contribution in [3.05, 3.63) is 24.2 Å². The predicted molar refractivity (Wildman–Crippen MR) is 71.6 cm³/mol. The number of carbonyl (C=O) groups is 1. The number of rotatable bonds is 7. The molecule has 0 bridgehead atoms. The predicted octanol–water partition coefficient (Wildman–Crippen LogP) is 1.30. The fraction of sp³-hybridized carbons (Fsp3) is 0.643. The van der Waals surface area contributed by atoms with Gasteiger partial charge in [-0.2, -0.15) is 0 Å². The lowest BCUT2D eigenvalue weighted by atomic mass is 9.91. The molecule has 1 aliphatic rings. The largest absolute Gasteiger partial charge is 0.467 e. The summed E-state index contributed by atoms with van der Waals surface area (Å²) in [5.41, 5.74) is 0. The van der Waals surface area contributed by atoms with Gasteiger partial charge in [0.25, 0.3) is 0 Å². The van der Waals surface area contributed by atoms with Crippen molar-refractivity contribution in [2.24, 2.45) is 0 Å². The van der Waals surface area contributed by atoms with Crippen molar-refractivity contribution in [3.63, 3.8) is 0 Å². The maximum Gasteiger partial charge on any atom is 0.234 e. The zero-order chi connectivity index (χ0) is 13.7. The molecular formula is C14H22N2O3. The van der Waals surface area contributed by atoms with E-state index in [0.717, 1.165) is 18.6 Å². The molecule has 0 radical (unpaired) electrons. The van der Waals surface area contributed by atoms with Crippen molar-refractivity contribution in [1.29, 1.82) is 0 Å². The Morgan fingerprint density at radius 1 is 1.63 bits per heavy atom. The van der Waals surface area contributed by atoms with Gasteiger partial charge >= 0.3 is 0 Å². The molecule has 1 aliphatic carbocycles. The summed E-state index contributed by atoms with van der Waals surface area (Å²) in [5.74, 6) is 0.731. The van der Waals surface area contributed by atoms with Gasteiger partial charge in [0, 0.05) is 12.6 Å². The lowest BCUT2D eigenvalue weighted by Crippen LogP contribution is -2.47. The van der Waals surface area contributed by atoms with E-state index in [0.29, 0.717) is 19.1 Å². The molecule has 1 aromatic heterocycles. The summed E-state index contributed by atoms with van der Waals surface area (Å²) in [6.45, 7) is 2.90. The van der Waals surface area contributed by atoms with E-state index in [1.165, 1.54) is 6.42 Å². The maximum absolute atomic E-state index is 12.0. The first-order valence-electron chi connectivity index (χ1n) is 6.88. The Labute approximate surface area is 113 Å². The minimum atomic E-state index is -0.125. The lowest BCUT2D eigenvalue weighted by Gasteiger charge is -2.36. The van der Waals surface area contributed by atoms with Gasteiger partial charge in [0.1, 0.15) is 5.76 Å². The van der Waals surface area contributed by atoms with Gasteiger partial charge in [-0.15, -0.1) is 0 Å². The van der Waals surface area contributed by atoms with Crippen LogP contribution in [0.15, 0.2) is 22.8 Å². The summed E-state index contributed by atoms with van der Waals surface area (Å²) in [6, 6.07) is 3.99. The van der Waals surface area contributed by atoms with Gasteiger partial charge in [0.15, 0.2) is 0 Å². The highest BCUT2D eigenvalue weighted by Gasteiger charge is 2.26. The minimum absolute atomic E-state index is 0.0238. The highest BCUT2D eigenvalue weighted by atomic mass is 16.3. The van der Waals surface area contributed by atoms with E-state index in [1.807, 2.05) is 19.1 Å². The quantitative estimate of drug-likeness (QED) is 0.781. The zero-order valence-corrected chi connectivity index (χ0v) is 11.3. The van der Waals surface area contributed by atoms with Crippen molar-refractivity contribution >= 4 is 5.91 Å². The molecule has 0 aromatic carbocycles. The molecule has 106 valence electrons. The second kappa shape index (κ2) is 6.73. The Morgan fingerprint density at radius 2 is 2.42 bits per heavy atom. The number of hydrogen-bond donors (Lipinski definition) is 2. The number of aliphatic hydroxyl groups is 1. The van der Waals surface area contributed by atoms with Crippen molar-refractivity contribution in [1.82, 2.24) is 10.2 Å². The summed E-state index contributed by atoms with van der Waals surface area (Å²) in [7, 11) is 0. The van der Waals surface area contributed by atoms with E-state index >= 15 is 0 Å². The molecule has 0 aliphatic heterocycles. The average molecular weight is 266 g/mol. The third kappa shape index (κ3) is 3.81. The molecule has 1 saturated carbocycles. The first-order valence-corrected chi connectivity index (χ1v) is 6.88. The van der Waals surface area contributed by atoms with Crippen LogP contribution in [-0.4, -0.2) is 41.7 Å². The van der Waals surface area contributed by atoms with E-state index < -0.39 is 0 Å². The minimum Gasteiger partial charge on any atom is -0.467 e. The third-order valence-corrected chi connectivity index (χ3v) is 3.67. The van der Waals surface area contributed by atoms with Crippen LogP contribution in [0.1, 0.15) is 38.0 Å². The smallest absolute Gasteiger partial charge is 0.234 e. The van der Waals surface area contributed by atoms with Gasteiger partial charge < -0.3 is 14.8 Å². The summed E-state index contributed by atoms with van der Waals surface area (Å²) in [4.78, 5) is 14.1. The average Bonchev–Trinajstić information content (AvgIpc) is 2.79. The molecule has 1 aromatic rings. The van der Waals surface area contributed by atoms with Crippen molar-refractivity contribution in [2.45, 2.75) is 38.3 Å². The first kappa shape index (κ1) is 14.1. The SMILES string of the molecule is CC(NC(=O)CN(CCO)C1CCC1)c1ccco1. The van der Waals surface area contributed by atoms with Crippen molar-refractivity contribution in [2.75, 3.05) is 19.7 Å². The summed E-state index contributed by atoms with van der Waals surface area (Å²) in [5, 5.41) is 12.0. The maximum atomic E-state index is 12.0. The molecule has 1 fully saturated rings. The van der Waals surface area contributed by atoms with Crippen LogP contribution in [0.2, 0.25) is 0 Å². The Bertz CT molecular complexity index is 387. The Balaban J connectivity index is 1.81. The van der Waals surface area contributed by atoms with Crippen LogP contribution in [0.5, 0.6) is 0 Å². The summed E-state index contributed by atoms with van der Waals surface area (Å²) < 4.78 is 5.26. The molecule has 5 heteroatoms. The number of carbonyl (C=O) groups excluding carboxylic acids is 1. The van der Waals surface area contributed by atoms with Gasteiger partial charge in [-0.1, -0.05) is 6.42 Å².